The minimum atomic E-state index is -0.351. The van der Waals surface area contributed by atoms with Crippen molar-refractivity contribution in [1.29, 1.82) is 0 Å². The van der Waals surface area contributed by atoms with E-state index < -0.39 is 0 Å². The molecule has 1 saturated heterocycles. The Hall–Kier alpha value is -2.40. The standard InChI is InChI=1S/C20H25N3O2/c1-16(2)18-5-3-17(4-6-18)15-21-11-13-22(14-12-21)19-7-9-20(10-8-19)23(24)25/h3-10,16H,11-15H2,1-2H3/p+1. The normalized spacial score (nSPS) is 15.6. The maximum Gasteiger partial charge on any atom is 0.269 e. The molecule has 5 heteroatoms. The van der Waals surface area contributed by atoms with Crippen molar-refractivity contribution in [3.8, 4) is 0 Å². The van der Waals surface area contributed by atoms with Crippen molar-refractivity contribution < 1.29 is 9.82 Å². The van der Waals surface area contributed by atoms with Crippen LogP contribution >= 0.6 is 0 Å². The summed E-state index contributed by atoms with van der Waals surface area (Å²) in [6.45, 7) is 9.64. The van der Waals surface area contributed by atoms with Crippen molar-refractivity contribution in [3.63, 3.8) is 0 Å². The first-order valence-corrected chi connectivity index (χ1v) is 8.95. The molecule has 1 aliphatic rings. The fraction of sp³-hybridized carbons (Fsp3) is 0.400. The monoisotopic (exact) mass is 340 g/mol. The van der Waals surface area contributed by atoms with Gasteiger partial charge in [0, 0.05) is 23.4 Å². The van der Waals surface area contributed by atoms with E-state index >= 15 is 0 Å². The van der Waals surface area contributed by atoms with Gasteiger partial charge in [-0.25, -0.2) is 0 Å². The number of rotatable bonds is 5. The van der Waals surface area contributed by atoms with Gasteiger partial charge in [0.05, 0.1) is 31.1 Å². The molecule has 1 heterocycles. The van der Waals surface area contributed by atoms with Crippen LogP contribution in [0.1, 0.15) is 30.9 Å². The van der Waals surface area contributed by atoms with Gasteiger partial charge in [0.1, 0.15) is 6.54 Å². The van der Waals surface area contributed by atoms with Crippen LogP contribution in [-0.2, 0) is 6.54 Å². The molecule has 3 rings (SSSR count). The lowest BCUT2D eigenvalue weighted by Gasteiger charge is -2.33. The molecule has 0 spiro atoms. The van der Waals surface area contributed by atoms with E-state index in [0.29, 0.717) is 5.92 Å². The van der Waals surface area contributed by atoms with E-state index in [0.717, 1.165) is 38.4 Å². The van der Waals surface area contributed by atoms with Gasteiger partial charge in [-0.1, -0.05) is 38.1 Å². The average molecular weight is 340 g/mol. The fourth-order valence-corrected chi connectivity index (χ4v) is 3.35. The maximum absolute atomic E-state index is 10.8. The highest BCUT2D eigenvalue weighted by atomic mass is 16.6. The Balaban J connectivity index is 1.53. The molecule has 0 aromatic heterocycles. The molecular formula is C20H26N3O2+. The van der Waals surface area contributed by atoms with Crippen LogP contribution in [0.3, 0.4) is 0 Å². The number of nitro groups is 1. The predicted octanol–water partition coefficient (Wildman–Crippen LogP) is 2.62. The van der Waals surface area contributed by atoms with Gasteiger partial charge in [0.15, 0.2) is 0 Å². The van der Waals surface area contributed by atoms with E-state index in [1.807, 2.05) is 12.1 Å². The topological polar surface area (TPSA) is 50.8 Å². The number of piperazine rings is 1. The molecule has 2 aromatic rings. The molecule has 0 saturated carbocycles. The second-order valence-electron chi connectivity index (χ2n) is 7.08. The SMILES string of the molecule is CC(C)c1ccc(C[NH+]2CCN(c3ccc([N+](=O)[O-])cc3)CC2)cc1. The fourth-order valence-electron chi connectivity index (χ4n) is 3.35. The summed E-state index contributed by atoms with van der Waals surface area (Å²) in [6, 6.07) is 15.9. The molecule has 5 nitrogen and oxygen atoms in total. The van der Waals surface area contributed by atoms with Crippen LogP contribution in [0.5, 0.6) is 0 Å². The Morgan fingerprint density at radius 2 is 1.64 bits per heavy atom. The lowest BCUT2D eigenvalue weighted by Crippen LogP contribution is -3.13. The first kappa shape index (κ1) is 17.4. The summed E-state index contributed by atoms with van der Waals surface area (Å²) in [6.07, 6.45) is 0. The highest BCUT2D eigenvalue weighted by Gasteiger charge is 2.20. The third-order valence-electron chi connectivity index (χ3n) is 5.00. The Morgan fingerprint density at radius 3 is 2.16 bits per heavy atom. The Kier molecular flexibility index (Phi) is 5.34. The van der Waals surface area contributed by atoms with Crippen LogP contribution in [0, 0.1) is 10.1 Å². The smallest absolute Gasteiger partial charge is 0.269 e. The Bertz CT molecular complexity index is 703. The van der Waals surface area contributed by atoms with Gasteiger partial charge in [-0.2, -0.15) is 0 Å². The van der Waals surface area contributed by atoms with Crippen LogP contribution in [0.2, 0.25) is 0 Å². The molecule has 0 aliphatic carbocycles. The third-order valence-corrected chi connectivity index (χ3v) is 5.00. The minimum absolute atomic E-state index is 0.151. The molecule has 2 aromatic carbocycles. The molecule has 25 heavy (non-hydrogen) atoms. The molecule has 132 valence electrons. The van der Waals surface area contributed by atoms with E-state index in [2.05, 4.69) is 43.0 Å². The van der Waals surface area contributed by atoms with Gasteiger partial charge in [-0.15, -0.1) is 0 Å². The minimum Gasteiger partial charge on any atom is -0.360 e. The van der Waals surface area contributed by atoms with Crippen LogP contribution in [0.25, 0.3) is 0 Å². The van der Waals surface area contributed by atoms with Crippen LogP contribution in [0.4, 0.5) is 11.4 Å². The number of anilines is 1. The lowest BCUT2D eigenvalue weighted by molar-refractivity contribution is -0.914. The van der Waals surface area contributed by atoms with Gasteiger partial charge in [-0.3, -0.25) is 10.1 Å². The van der Waals surface area contributed by atoms with Crippen molar-refractivity contribution in [1.82, 2.24) is 0 Å². The van der Waals surface area contributed by atoms with Crippen molar-refractivity contribution in [2.45, 2.75) is 26.3 Å². The van der Waals surface area contributed by atoms with Crippen LogP contribution in [-0.4, -0.2) is 31.1 Å². The number of hydrogen-bond acceptors (Lipinski definition) is 3. The Morgan fingerprint density at radius 1 is 1.04 bits per heavy atom. The number of nitro benzene ring substituents is 1. The van der Waals surface area contributed by atoms with Gasteiger partial charge in [-0.05, 0) is 23.6 Å². The zero-order valence-electron chi connectivity index (χ0n) is 14.9. The summed E-state index contributed by atoms with van der Waals surface area (Å²) in [5, 5.41) is 10.8. The molecule has 0 unspecified atom stereocenters. The highest BCUT2D eigenvalue weighted by molar-refractivity contribution is 5.51. The molecule has 1 fully saturated rings. The predicted molar refractivity (Wildman–Crippen MR) is 100 cm³/mol. The van der Waals surface area contributed by atoms with Crippen molar-refractivity contribution in [2.75, 3.05) is 31.1 Å². The molecule has 0 bridgehead atoms. The summed E-state index contributed by atoms with van der Waals surface area (Å²) >= 11 is 0. The number of non-ortho nitro benzene ring substituents is 1. The van der Waals surface area contributed by atoms with Gasteiger partial charge in [0.25, 0.3) is 5.69 Å². The van der Waals surface area contributed by atoms with Crippen molar-refractivity contribution in [2.24, 2.45) is 0 Å². The number of nitrogens with one attached hydrogen (secondary N) is 1. The third kappa shape index (κ3) is 4.37. The summed E-state index contributed by atoms with van der Waals surface area (Å²) in [5.74, 6) is 0.576. The summed E-state index contributed by atoms with van der Waals surface area (Å²) in [7, 11) is 0. The molecule has 0 atom stereocenters. The molecular weight excluding hydrogens is 314 g/mol. The first-order valence-electron chi connectivity index (χ1n) is 8.95. The number of hydrogen-bond donors (Lipinski definition) is 1. The van der Waals surface area contributed by atoms with Crippen molar-refractivity contribution >= 4 is 11.4 Å². The average Bonchev–Trinajstić information content (AvgIpc) is 2.63. The van der Waals surface area contributed by atoms with E-state index in [-0.39, 0.29) is 10.6 Å². The van der Waals surface area contributed by atoms with Crippen molar-refractivity contribution in [3.05, 3.63) is 69.8 Å². The summed E-state index contributed by atoms with van der Waals surface area (Å²) in [4.78, 5) is 14.3. The number of nitrogens with zero attached hydrogens (tertiary/aromatic N) is 2. The zero-order chi connectivity index (χ0) is 17.8. The maximum atomic E-state index is 10.8. The molecule has 0 radical (unpaired) electrons. The van der Waals surface area contributed by atoms with Crippen LogP contribution < -0.4 is 9.80 Å². The van der Waals surface area contributed by atoms with E-state index in [1.54, 1.807) is 17.0 Å². The second kappa shape index (κ2) is 7.66. The van der Waals surface area contributed by atoms with E-state index in [9.17, 15) is 10.1 Å². The van der Waals surface area contributed by atoms with E-state index in [4.69, 9.17) is 0 Å². The first-order chi connectivity index (χ1) is 12.0. The summed E-state index contributed by atoms with van der Waals surface area (Å²) in [5.41, 5.74) is 4.01. The quantitative estimate of drug-likeness (QED) is 0.672. The second-order valence-corrected chi connectivity index (χ2v) is 7.08. The van der Waals surface area contributed by atoms with Gasteiger partial charge in [0.2, 0.25) is 0 Å². The molecule has 1 aliphatic heterocycles. The number of quaternary nitrogens is 1. The lowest BCUT2D eigenvalue weighted by atomic mass is 10.0. The highest BCUT2D eigenvalue weighted by Crippen LogP contribution is 2.19. The van der Waals surface area contributed by atoms with Crippen LogP contribution in [0.15, 0.2) is 48.5 Å². The van der Waals surface area contributed by atoms with E-state index in [1.165, 1.54) is 11.1 Å². The van der Waals surface area contributed by atoms with Gasteiger partial charge >= 0.3 is 0 Å². The Labute approximate surface area is 149 Å². The molecule has 1 N–H and O–H groups in total. The zero-order valence-corrected chi connectivity index (χ0v) is 14.9. The molecule has 0 amide bonds. The van der Waals surface area contributed by atoms with Gasteiger partial charge < -0.3 is 9.80 Å². The number of benzene rings is 2. The summed E-state index contributed by atoms with van der Waals surface area (Å²) < 4.78 is 0. The largest absolute Gasteiger partial charge is 0.360 e.